The van der Waals surface area contributed by atoms with Crippen molar-refractivity contribution in [3.8, 4) is 11.8 Å². The summed E-state index contributed by atoms with van der Waals surface area (Å²) in [6.45, 7) is 0.347. The molecule has 0 saturated heterocycles. The number of halogens is 1. The molecule has 1 aromatic heterocycles. The van der Waals surface area contributed by atoms with E-state index in [-0.39, 0.29) is 0 Å². The number of fused-ring (bicyclic) bond motifs is 2. The molecular formula is C29H23BrN4O3S. The lowest BCUT2D eigenvalue weighted by Crippen LogP contribution is -2.32. The number of nitriles is 1. The number of carbonyl (C=O) groups excluding carboxylic acids is 2. The molecule has 190 valence electrons. The van der Waals surface area contributed by atoms with E-state index in [1.54, 1.807) is 0 Å². The molecule has 0 fully saturated rings. The van der Waals surface area contributed by atoms with Gasteiger partial charge in [-0.05, 0) is 65.8 Å². The molecule has 2 N–H and O–H groups in total. The summed E-state index contributed by atoms with van der Waals surface area (Å²) in [5.74, 6) is -1.20. The van der Waals surface area contributed by atoms with Crippen LogP contribution >= 0.6 is 27.3 Å². The third-order valence-corrected chi connectivity index (χ3v) is 7.99. The van der Waals surface area contributed by atoms with E-state index in [1.165, 1.54) is 17.6 Å². The highest BCUT2D eigenvalue weighted by Crippen LogP contribution is 2.37. The number of benzene rings is 3. The third-order valence-electron chi connectivity index (χ3n) is 6.29. The van der Waals surface area contributed by atoms with E-state index in [4.69, 9.17) is 4.74 Å². The average Bonchev–Trinajstić information content (AvgIpc) is 3.29. The first kappa shape index (κ1) is 25.6. The third kappa shape index (κ3) is 5.62. The topological polar surface area (TPSA) is 104 Å². The molecule has 1 aliphatic rings. The van der Waals surface area contributed by atoms with E-state index in [0.29, 0.717) is 28.5 Å². The van der Waals surface area contributed by atoms with Gasteiger partial charge in [0.25, 0.3) is 0 Å². The van der Waals surface area contributed by atoms with Gasteiger partial charge in [0, 0.05) is 14.9 Å². The summed E-state index contributed by atoms with van der Waals surface area (Å²) < 4.78 is 7.06. The first-order chi connectivity index (χ1) is 18.5. The molecule has 0 saturated carbocycles. The number of hydrazone groups is 1. The largest absolute Gasteiger partial charge is 0.488 e. The Bertz CT molecular complexity index is 1610. The summed E-state index contributed by atoms with van der Waals surface area (Å²) in [5.41, 5.74) is 5.42. The summed E-state index contributed by atoms with van der Waals surface area (Å²) >= 11 is 4.84. The lowest BCUT2D eigenvalue weighted by molar-refractivity contribution is -0.136. The quantitative estimate of drug-likeness (QED) is 0.162. The smallest absolute Gasteiger partial charge is 0.329 e. The molecular weight excluding hydrogens is 564 g/mol. The zero-order valence-electron chi connectivity index (χ0n) is 20.3. The molecule has 0 spiro atoms. The Morgan fingerprint density at radius 2 is 1.92 bits per heavy atom. The van der Waals surface area contributed by atoms with Crippen LogP contribution in [0.25, 0.3) is 10.8 Å². The van der Waals surface area contributed by atoms with Gasteiger partial charge in [0.2, 0.25) is 0 Å². The maximum absolute atomic E-state index is 12.6. The van der Waals surface area contributed by atoms with Crippen molar-refractivity contribution in [3.05, 3.63) is 92.3 Å². The van der Waals surface area contributed by atoms with Gasteiger partial charge in [-0.1, -0.05) is 58.4 Å². The summed E-state index contributed by atoms with van der Waals surface area (Å²) in [4.78, 5) is 26.2. The van der Waals surface area contributed by atoms with Crippen LogP contribution in [0.5, 0.6) is 5.75 Å². The Hall–Kier alpha value is -4.00. The second-order valence-corrected chi connectivity index (χ2v) is 10.8. The molecule has 0 bridgehead atoms. The molecule has 1 aliphatic carbocycles. The minimum Gasteiger partial charge on any atom is -0.488 e. The van der Waals surface area contributed by atoms with Gasteiger partial charge in [-0.25, -0.2) is 5.43 Å². The van der Waals surface area contributed by atoms with Crippen LogP contribution in [0.3, 0.4) is 0 Å². The summed E-state index contributed by atoms with van der Waals surface area (Å²) in [6.07, 6.45) is 5.26. The fraction of sp³-hybridized carbons (Fsp3) is 0.172. The summed E-state index contributed by atoms with van der Waals surface area (Å²) in [6, 6.07) is 21.6. The zero-order valence-corrected chi connectivity index (χ0v) is 22.7. The van der Waals surface area contributed by atoms with Crippen molar-refractivity contribution in [2.75, 3.05) is 5.32 Å². The van der Waals surface area contributed by atoms with Gasteiger partial charge >= 0.3 is 11.8 Å². The van der Waals surface area contributed by atoms with Crippen LogP contribution in [-0.2, 0) is 29.0 Å². The van der Waals surface area contributed by atoms with Crippen LogP contribution in [0.2, 0.25) is 0 Å². The number of ether oxygens (including phenoxy) is 1. The Balaban J connectivity index is 1.31. The Kier molecular flexibility index (Phi) is 7.82. The fourth-order valence-electron chi connectivity index (χ4n) is 4.46. The van der Waals surface area contributed by atoms with E-state index >= 15 is 0 Å². The number of aryl methyl sites for hydroxylation is 1. The van der Waals surface area contributed by atoms with Crippen LogP contribution in [0.1, 0.15) is 40.0 Å². The first-order valence-corrected chi connectivity index (χ1v) is 13.7. The van der Waals surface area contributed by atoms with Crippen LogP contribution in [-0.4, -0.2) is 18.0 Å². The molecule has 5 rings (SSSR count). The van der Waals surface area contributed by atoms with Gasteiger partial charge in [0.05, 0.1) is 11.8 Å². The molecule has 9 heteroatoms. The standard InChI is InChI=1S/C29H23BrN4O3S/c30-20-8-5-6-18(14-20)17-37-25-13-12-19-7-1-2-9-21(19)24(25)16-32-34-28(36)27(35)33-29-23(15-31)22-10-3-4-11-26(22)38-29/h1-2,5-9,12-14,16H,3-4,10-11,17H2,(H,33,35)(H,34,36)/b32-16-. The molecule has 0 atom stereocenters. The summed E-state index contributed by atoms with van der Waals surface area (Å²) in [5, 5.41) is 18.5. The van der Waals surface area contributed by atoms with E-state index in [1.807, 2.05) is 60.7 Å². The minimum atomic E-state index is -0.923. The van der Waals surface area contributed by atoms with Crippen molar-refractivity contribution in [1.29, 1.82) is 5.26 Å². The van der Waals surface area contributed by atoms with Crippen molar-refractivity contribution in [2.45, 2.75) is 32.3 Å². The van der Waals surface area contributed by atoms with Gasteiger partial charge in [-0.3, -0.25) is 9.59 Å². The predicted molar refractivity (Wildman–Crippen MR) is 152 cm³/mol. The summed E-state index contributed by atoms with van der Waals surface area (Å²) in [7, 11) is 0. The normalized spacial score (nSPS) is 12.6. The monoisotopic (exact) mass is 586 g/mol. The molecule has 0 aliphatic heterocycles. The molecule has 4 aromatic rings. The van der Waals surface area contributed by atoms with E-state index in [9.17, 15) is 14.9 Å². The first-order valence-electron chi connectivity index (χ1n) is 12.1. The lowest BCUT2D eigenvalue weighted by Gasteiger charge is -2.12. The number of hydrogen-bond acceptors (Lipinski definition) is 6. The molecule has 0 radical (unpaired) electrons. The van der Waals surface area contributed by atoms with Crippen LogP contribution in [0.4, 0.5) is 5.00 Å². The number of rotatable bonds is 6. The number of nitrogens with zero attached hydrogens (tertiary/aromatic N) is 2. The van der Waals surface area contributed by atoms with E-state index in [2.05, 4.69) is 37.8 Å². The van der Waals surface area contributed by atoms with Gasteiger partial charge in [0.1, 0.15) is 23.4 Å². The maximum atomic E-state index is 12.6. The van der Waals surface area contributed by atoms with Gasteiger partial charge in [0.15, 0.2) is 0 Å². The number of anilines is 1. The number of nitrogens with one attached hydrogen (secondary N) is 2. The Labute approximate surface area is 232 Å². The predicted octanol–water partition coefficient (Wildman–Crippen LogP) is 6.08. The highest BCUT2D eigenvalue weighted by molar-refractivity contribution is 9.10. The van der Waals surface area contributed by atoms with Gasteiger partial charge in [-0.2, -0.15) is 10.4 Å². The van der Waals surface area contributed by atoms with E-state index in [0.717, 1.165) is 56.9 Å². The van der Waals surface area contributed by atoms with Crippen LogP contribution in [0, 0.1) is 11.3 Å². The molecule has 0 unspecified atom stereocenters. The van der Waals surface area contributed by atoms with Crippen molar-refractivity contribution in [1.82, 2.24) is 5.43 Å². The Morgan fingerprint density at radius 1 is 1.08 bits per heavy atom. The SMILES string of the molecule is N#Cc1c(NC(=O)C(=O)N/N=C\c2c(OCc3cccc(Br)c3)ccc3ccccc23)sc2c1CCCC2. The van der Waals surface area contributed by atoms with Crippen molar-refractivity contribution in [3.63, 3.8) is 0 Å². The lowest BCUT2D eigenvalue weighted by atomic mass is 9.96. The number of carbonyl (C=O) groups is 2. The van der Waals surface area contributed by atoms with Crippen molar-refractivity contribution in [2.24, 2.45) is 5.10 Å². The molecule has 2 amide bonds. The number of amides is 2. The minimum absolute atomic E-state index is 0.347. The molecule has 1 heterocycles. The fourth-order valence-corrected chi connectivity index (χ4v) is 6.14. The second kappa shape index (κ2) is 11.6. The van der Waals surface area contributed by atoms with Crippen LogP contribution < -0.4 is 15.5 Å². The maximum Gasteiger partial charge on any atom is 0.329 e. The van der Waals surface area contributed by atoms with Crippen molar-refractivity contribution < 1.29 is 14.3 Å². The van der Waals surface area contributed by atoms with E-state index < -0.39 is 11.8 Å². The zero-order chi connectivity index (χ0) is 26.5. The molecule has 38 heavy (non-hydrogen) atoms. The highest BCUT2D eigenvalue weighted by Gasteiger charge is 2.23. The van der Waals surface area contributed by atoms with Gasteiger partial charge in [-0.15, -0.1) is 11.3 Å². The molecule has 7 nitrogen and oxygen atoms in total. The average molecular weight is 587 g/mol. The molecule has 3 aromatic carbocycles. The van der Waals surface area contributed by atoms with Gasteiger partial charge < -0.3 is 10.1 Å². The van der Waals surface area contributed by atoms with Crippen LogP contribution in [0.15, 0.2) is 70.2 Å². The second-order valence-electron chi connectivity index (χ2n) is 8.80. The Morgan fingerprint density at radius 3 is 2.76 bits per heavy atom. The number of thiophene rings is 1. The van der Waals surface area contributed by atoms with Crippen molar-refractivity contribution >= 4 is 61.1 Å². The number of hydrogen-bond donors (Lipinski definition) is 2. The highest BCUT2D eigenvalue weighted by atomic mass is 79.9.